The number of oxazole rings is 1. The molecule has 0 saturated carbocycles. The van der Waals surface area contributed by atoms with Gasteiger partial charge in [0, 0.05) is 38.0 Å². The van der Waals surface area contributed by atoms with Crippen LogP contribution in [0.1, 0.15) is 27.9 Å². The number of carbonyl (C=O) groups is 2. The number of hydrogen-bond donors (Lipinski definition) is 2. The fourth-order valence-electron chi connectivity index (χ4n) is 4.21. The molecular weight excluding hydrogens is 474 g/mol. The average molecular weight is 495 g/mol. The zero-order chi connectivity index (χ0) is 25.4. The van der Waals surface area contributed by atoms with Gasteiger partial charge in [0.05, 0.1) is 17.6 Å². The predicted molar refractivity (Wildman–Crippen MR) is 116 cm³/mol. The molecule has 1 aliphatic rings. The second-order valence-corrected chi connectivity index (χ2v) is 8.40. The number of halogens is 4. The van der Waals surface area contributed by atoms with E-state index in [4.69, 9.17) is 4.42 Å². The van der Waals surface area contributed by atoms with E-state index in [9.17, 15) is 32.7 Å². The maximum Gasteiger partial charge on any atom is 0.417 e. The number of carbonyl (C=O) groups excluding carboxylic acids is 1. The Bertz CT molecular complexity index is 1300. The fraction of sp³-hybridized carbons (Fsp3) is 0.348. The van der Waals surface area contributed by atoms with Crippen LogP contribution in [0.5, 0.6) is 0 Å². The highest BCUT2D eigenvalue weighted by Crippen LogP contribution is 2.32. The van der Waals surface area contributed by atoms with E-state index in [1.807, 2.05) is 0 Å². The Morgan fingerprint density at radius 2 is 1.83 bits per heavy atom. The summed E-state index contributed by atoms with van der Waals surface area (Å²) in [6, 6.07) is 8.41. The van der Waals surface area contributed by atoms with Crippen molar-refractivity contribution in [2.45, 2.75) is 24.8 Å². The van der Waals surface area contributed by atoms with Crippen molar-refractivity contribution in [2.75, 3.05) is 26.2 Å². The number of amides is 1. The number of aromatic amines is 1. The SMILES string of the molecule is O=C(CCN1CCN(C(=O)O)C(F)(Cc2ccc(C(F)(F)F)cc2)C1)c1ccc2[nH]c(=O)oc2c1. The maximum atomic E-state index is 15.9. The van der Waals surface area contributed by atoms with Crippen molar-refractivity contribution in [1.29, 1.82) is 0 Å². The van der Waals surface area contributed by atoms with Gasteiger partial charge in [0.2, 0.25) is 5.79 Å². The minimum absolute atomic E-state index is 0.00356. The van der Waals surface area contributed by atoms with Crippen molar-refractivity contribution in [3.63, 3.8) is 0 Å². The molecule has 0 spiro atoms. The molecule has 1 aromatic heterocycles. The van der Waals surface area contributed by atoms with Gasteiger partial charge in [-0.05, 0) is 35.9 Å². The number of rotatable bonds is 6. The Hall–Kier alpha value is -3.67. The van der Waals surface area contributed by atoms with E-state index in [0.717, 1.165) is 24.3 Å². The molecule has 8 nitrogen and oxygen atoms in total. The summed E-state index contributed by atoms with van der Waals surface area (Å²) in [5.41, 5.74) is 0.314. The van der Waals surface area contributed by atoms with Crippen molar-refractivity contribution in [1.82, 2.24) is 14.8 Å². The molecule has 1 amide bonds. The first-order chi connectivity index (χ1) is 16.4. The Morgan fingerprint density at radius 1 is 1.11 bits per heavy atom. The summed E-state index contributed by atoms with van der Waals surface area (Å²) in [4.78, 5) is 40.3. The molecule has 12 heteroatoms. The van der Waals surface area contributed by atoms with Gasteiger partial charge in [0.1, 0.15) is 0 Å². The molecule has 2 N–H and O–H groups in total. The van der Waals surface area contributed by atoms with Gasteiger partial charge in [0.15, 0.2) is 11.4 Å². The van der Waals surface area contributed by atoms with Crippen molar-refractivity contribution < 1.29 is 36.7 Å². The lowest BCUT2D eigenvalue weighted by Gasteiger charge is -2.44. The molecular formula is C23H21F4N3O5. The number of ketones is 1. The summed E-state index contributed by atoms with van der Waals surface area (Å²) in [6.07, 6.45) is -6.45. The fourth-order valence-corrected chi connectivity index (χ4v) is 4.21. The van der Waals surface area contributed by atoms with Gasteiger partial charge in [-0.3, -0.25) is 19.6 Å². The Labute approximate surface area is 195 Å². The van der Waals surface area contributed by atoms with Crippen LogP contribution in [-0.4, -0.2) is 63.7 Å². The van der Waals surface area contributed by atoms with E-state index in [-0.39, 0.29) is 49.5 Å². The van der Waals surface area contributed by atoms with Crippen LogP contribution in [0.4, 0.5) is 22.4 Å². The lowest BCUT2D eigenvalue weighted by atomic mass is 9.98. The molecule has 4 rings (SSSR count). The predicted octanol–water partition coefficient (Wildman–Crippen LogP) is 3.92. The highest BCUT2D eigenvalue weighted by atomic mass is 19.4. The minimum Gasteiger partial charge on any atom is -0.465 e. The number of Topliss-reactive ketones (excluding diaryl/α,β-unsaturated/α-hetero) is 1. The number of nitrogens with zero attached hydrogens (tertiary/aromatic N) is 2. The Kier molecular flexibility index (Phi) is 6.41. The van der Waals surface area contributed by atoms with Crippen molar-refractivity contribution in [2.24, 2.45) is 0 Å². The van der Waals surface area contributed by atoms with E-state index < -0.39 is 35.8 Å². The van der Waals surface area contributed by atoms with Gasteiger partial charge in [-0.2, -0.15) is 13.2 Å². The van der Waals surface area contributed by atoms with E-state index in [2.05, 4.69) is 4.98 Å². The average Bonchev–Trinajstić information content (AvgIpc) is 3.16. The second-order valence-electron chi connectivity index (χ2n) is 8.40. The van der Waals surface area contributed by atoms with Crippen LogP contribution in [0.3, 0.4) is 0 Å². The molecule has 1 fully saturated rings. The quantitative estimate of drug-likeness (QED) is 0.305. The molecule has 1 unspecified atom stereocenters. The van der Waals surface area contributed by atoms with Crippen LogP contribution in [0.2, 0.25) is 0 Å². The first-order valence-corrected chi connectivity index (χ1v) is 10.7. The van der Waals surface area contributed by atoms with E-state index in [0.29, 0.717) is 16.0 Å². The highest BCUT2D eigenvalue weighted by Gasteiger charge is 2.45. The number of aromatic nitrogens is 1. The number of fused-ring (bicyclic) bond motifs is 1. The normalized spacial score (nSPS) is 19.3. The first kappa shape index (κ1) is 24.5. The number of alkyl halides is 4. The van der Waals surface area contributed by atoms with Gasteiger partial charge in [-0.25, -0.2) is 14.0 Å². The summed E-state index contributed by atoms with van der Waals surface area (Å²) in [7, 11) is 0. The number of carboxylic acid groups (broad SMARTS) is 1. The van der Waals surface area contributed by atoms with Crippen LogP contribution in [-0.2, 0) is 12.6 Å². The molecule has 0 radical (unpaired) electrons. The number of hydrogen-bond acceptors (Lipinski definition) is 5. The van der Waals surface area contributed by atoms with Gasteiger partial charge in [-0.1, -0.05) is 12.1 Å². The molecule has 1 aliphatic heterocycles. The number of nitrogens with one attached hydrogen (secondary N) is 1. The Balaban J connectivity index is 1.44. The van der Waals surface area contributed by atoms with Crippen LogP contribution in [0, 0.1) is 0 Å². The van der Waals surface area contributed by atoms with Crippen molar-refractivity contribution in [3.8, 4) is 0 Å². The van der Waals surface area contributed by atoms with Crippen LogP contribution < -0.4 is 5.76 Å². The van der Waals surface area contributed by atoms with Crippen LogP contribution in [0.15, 0.2) is 51.7 Å². The summed E-state index contributed by atoms with van der Waals surface area (Å²) in [5, 5.41) is 9.47. The zero-order valence-electron chi connectivity index (χ0n) is 18.3. The molecule has 0 aliphatic carbocycles. The second kappa shape index (κ2) is 9.17. The summed E-state index contributed by atoms with van der Waals surface area (Å²) < 4.78 is 59.3. The third-order valence-electron chi connectivity index (χ3n) is 5.97. The summed E-state index contributed by atoms with van der Waals surface area (Å²) in [6.45, 7) is -0.190. The lowest BCUT2D eigenvalue weighted by Crippen LogP contribution is -2.62. The van der Waals surface area contributed by atoms with Gasteiger partial charge < -0.3 is 9.52 Å². The molecule has 35 heavy (non-hydrogen) atoms. The van der Waals surface area contributed by atoms with Crippen LogP contribution in [0.25, 0.3) is 11.1 Å². The third-order valence-corrected chi connectivity index (χ3v) is 5.97. The topological polar surface area (TPSA) is 107 Å². The van der Waals surface area contributed by atoms with Crippen molar-refractivity contribution in [3.05, 3.63) is 69.7 Å². The smallest absolute Gasteiger partial charge is 0.417 e. The van der Waals surface area contributed by atoms with E-state index in [1.54, 1.807) is 4.90 Å². The molecule has 1 atom stereocenters. The summed E-state index contributed by atoms with van der Waals surface area (Å²) in [5.74, 6) is -3.31. The van der Waals surface area contributed by atoms with Crippen LogP contribution >= 0.6 is 0 Å². The number of benzene rings is 2. The maximum absolute atomic E-state index is 15.9. The van der Waals surface area contributed by atoms with Gasteiger partial charge in [0.25, 0.3) is 0 Å². The zero-order valence-corrected chi connectivity index (χ0v) is 18.3. The standard InChI is InChI=1S/C23H21F4N3O5/c24-22(12-14-1-4-16(5-2-14)23(25,26)27)13-29(9-10-30(22)21(33)34)8-7-18(31)15-3-6-17-19(11-15)35-20(32)28-17/h1-6,11H,7-10,12-13H2,(H,28,32)(H,33,34). The van der Waals surface area contributed by atoms with Gasteiger partial charge >= 0.3 is 18.0 Å². The first-order valence-electron chi connectivity index (χ1n) is 10.7. The molecule has 2 aromatic carbocycles. The van der Waals surface area contributed by atoms with E-state index >= 15 is 4.39 Å². The lowest BCUT2D eigenvalue weighted by molar-refractivity contribution is -0.137. The Morgan fingerprint density at radius 3 is 2.49 bits per heavy atom. The molecule has 0 bridgehead atoms. The largest absolute Gasteiger partial charge is 0.465 e. The minimum atomic E-state index is -4.54. The molecule has 2 heterocycles. The third kappa shape index (κ3) is 5.37. The molecule has 3 aromatic rings. The monoisotopic (exact) mass is 495 g/mol. The van der Waals surface area contributed by atoms with Crippen molar-refractivity contribution >= 4 is 23.0 Å². The van der Waals surface area contributed by atoms with Gasteiger partial charge in [-0.15, -0.1) is 0 Å². The number of piperazine rings is 1. The van der Waals surface area contributed by atoms with E-state index in [1.165, 1.54) is 18.2 Å². The number of H-pyrrole nitrogens is 1. The summed E-state index contributed by atoms with van der Waals surface area (Å²) >= 11 is 0. The molecule has 186 valence electrons. The molecule has 1 saturated heterocycles. The highest BCUT2D eigenvalue weighted by molar-refractivity contribution is 5.98.